The first-order chi connectivity index (χ1) is 10.6. The molecule has 1 unspecified atom stereocenters. The number of nitrogens with zero attached hydrogens (tertiary/aromatic N) is 1. The molecule has 6 nitrogen and oxygen atoms in total. The number of nitro benzene ring substituents is 1. The summed E-state index contributed by atoms with van der Waals surface area (Å²) in [5, 5.41) is 24.2. The van der Waals surface area contributed by atoms with Crippen molar-refractivity contribution in [3.63, 3.8) is 0 Å². The quantitative estimate of drug-likeness (QED) is 0.668. The molecule has 114 valence electrons. The van der Waals surface area contributed by atoms with Gasteiger partial charge in [0.25, 0.3) is 5.69 Å². The van der Waals surface area contributed by atoms with Crippen LogP contribution in [0.3, 0.4) is 0 Å². The molecule has 0 saturated carbocycles. The number of nitrogens with one attached hydrogen (secondary N) is 1. The zero-order valence-electron chi connectivity index (χ0n) is 11.8. The van der Waals surface area contributed by atoms with Crippen LogP contribution >= 0.6 is 0 Å². The van der Waals surface area contributed by atoms with Crippen molar-refractivity contribution in [2.24, 2.45) is 0 Å². The van der Waals surface area contributed by atoms with Gasteiger partial charge in [0.1, 0.15) is 6.23 Å². The number of benzene rings is 2. The van der Waals surface area contributed by atoms with Crippen molar-refractivity contribution in [1.82, 2.24) is 5.32 Å². The second-order valence-electron chi connectivity index (χ2n) is 5.19. The maximum Gasteiger partial charge on any atom is 0.269 e. The maximum atomic E-state index is 10.7. The molecule has 1 aliphatic heterocycles. The van der Waals surface area contributed by atoms with Crippen LogP contribution in [0.2, 0.25) is 0 Å². The van der Waals surface area contributed by atoms with Gasteiger partial charge < -0.3 is 9.84 Å². The van der Waals surface area contributed by atoms with Crippen LogP contribution in [-0.2, 0) is 4.74 Å². The molecule has 0 spiro atoms. The lowest BCUT2D eigenvalue weighted by atomic mass is 10.0. The van der Waals surface area contributed by atoms with Gasteiger partial charge in [-0.25, -0.2) is 0 Å². The second-order valence-corrected chi connectivity index (χ2v) is 5.19. The topological polar surface area (TPSA) is 84.6 Å². The largest absolute Gasteiger partial charge is 0.387 e. The van der Waals surface area contributed by atoms with E-state index in [2.05, 4.69) is 5.32 Å². The zero-order chi connectivity index (χ0) is 15.5. The fourth-order valence-electron chi connectivity index (χ4n) is 2.52. The Hall–Kier alpha value is -2.28. The van der Waals surface area contributed by atoms with Crippen molar-refractivity contribution in [2.45, 2.75) is 18.4 Å². The van der Waals surface area contributed by atoms with Gasteiger partial charge in [0.15, 0.2) is 0 Å². The number of nitro groups is 1. The molecule has 1 saturated heterocycles. The number of aliphatic hydroxyl groups excluding tert-OH is 1. The Kier molecular flexibility index (Phi) is 4.15. The maximum absolute atomic E-state index is 10.7. The molecule has 0 aliphatic carbocycles. The standard InChI is InChI=1S/C16H16N2O4/c19-15(11-4-2-1-3-5-11)14-10-22-16(17-14)12-6-8-13(9-7-12)18(20)21/h1-9,14-17,19H,10H2/t14-,15?,16-/m0/s1. The summed E-state index contributed by atoms with van der Waals surface area (Å²) in [5.41, 5.74) is 1.67. The van der Waals surface area contributed by atoms with E-state index in [-0.39, 0.29) is 18.0 Å². The summed E-state index contributed by atoms with van der Waals surface area (Å²) < 4.78 is 5.65. The highest BCUT2D eigenvalue weighted by atomic mass is 16.6. The van der Waals surface area contributed by atoms with Crippen molar-refractivity contribution in [2.75, 3.05) is 6.61 Å². The molecule has 0 bridgehead atoms. The first kappa shape index (κ1) is 14.6. The summed E-state index contributed by atoms with van der Waals surface area (Å²) in [4.78, 5) is 10.2. The van der Waals surface area contributed by atoms with Crippen LogP contribution in [0.1, 0.15) is 23.5 Å². The highest BCUT2D eigenvalue weighted by Crippen LogP contribution is 2.28. The average molecular weight is 300 g/mol. The minimum atomic E-state index is -0.663. The van der Waals surface area contributed by atoms with Crippen molar-refractivity contribution < 1.29 is 14.8 Å². The number of rotatable bonds is 4. The zero-order valence-corrected chi connectivity index (χ0v) is 11.8. The number of aliphatic hydroxyl groups is 1. The Labute approximate surface area is 127 Å². The molecule has 6 heteroatoms. The molecule has 1 aliphatic rings. The van der Waals surface area contributed by atoms with E-state index < -0.39 is 11.0 Å². The third kappa shape index (κ3) is 2.99. The second kappa shape index (κ2) is 6.23. The van der Waals surface area contributed by atoms with Crippen molar-refractivity contribution in [1.29, 1.82) is 0 Å². The third-order valence-electron chi connectivity index (χ3n) is 3.74. The van der Waals surface area contributed by atoms with Crippen molar-refractivity contribution in [3.05, 3.63) is 75.8 Å². The van der Waals surface area contributed by atoms with Gasteiger partial charge in [-0.2, -0.15) is 0 Å². The normalized spacial score (nSPS) is 22.4. The fourth-order valence-corrected chi connectivity index (χ4v) is 2.52. The summed E-state index contributed by atoms with van der Waals surface area (Å²) in [6.45, 7) is 0.373. The molecule has 1 fully saturated rings. The average Bonchev–Trinajstić information content (AvgIpc) is 3.05. The lowest BCUT2D eigenvalue weighted by Gasteiger charge is -2.18. The Bertz CT molecular complexity index is 645. The van der Waals surface area contributed by atoms with E-state index >= 15 is 0 Å². The van der Waals surface area contributed by atoms with E-state index in [9.17, 15) is 15.2 Å². The van der Waals surface area contributed by atoms with Crippen LogP contribution in [0.25, 0.3) is 0 Å². The molecule has 0 radical (unpaired) electrons. The Balaban J connectivity index is 1.68. The molecule has 22 heavy (non-hydrogen) atoms. The molecule has 0 amide bonds. The van der Waals surface area contributed by atoms with Gasteiger partial charge >= 0.3 is 0 Å². The first-order valence-corrected chi connectivity index (χ1v) is 7.00. The third-order valence-corrected chi connectivity index (χ3v) is 3.74. The lowest BCUT2D eigenvalue weighted by molar-refractivity contribution is -0.384. The minimum absolute atomic E-state index is 0.0441. The van der Waals surface area contributed by atoms with Gasteiger partial charge in [-0.05, 0) is 23.3 Å². The molecule has 1 heterocycles. The van der Waals surface area contributed by atoms with Crippen molar-refractivity contribution >= 4 is 5.69 Å². The van der Waals surface area contributed by atoms with Crippen LogP contribution in [0.5, 0.6) is 0 Å². The molecule has 3 atom stereocenters. The van der Waals surface area contributed by atoms with Crippen LogP contribution < -0.4 is 5.32 Å². The molecule has 2 N–H and O–H groups in total. The lowest BCUT2D eigenvalue weighted by Crippen LogP contribution is -2.32. The first-order valence-electron chi connectivity index (χ1n) is 7.00. The van der Waals surface area contributed by atoms with Gasteiger partial charge in [-0.1, -0.05) is 30.3 Å². The van der Waals surface area contributed by atoms with E-state index in [1.165, 1.54) is 12.1 Å². The summed E-state index contributed by atoms with van der Waals surface area (Å²) in [6, 6.07) is 15.4. The van der Waals surface area contributed by atoms with Gasteiger partial charge in [-0.3, -0.25) is 15.4 Å². The van der Waals surface area contributed by atoms with Crippen LogP contribution in [-0.4, -0.2) is 22.7 Å². The van der Waals surface area contributed by atoms with E-state index in [4.69, 9.17) is 4.74 Å². The molecular weight excluding hydrogens is 284 g/mol. The SMILES string of the molecule is O=[N+]([O-])c1ccc([C@H]2N[C@H](C(O)c3ccccc3)CO2)cc1. The van der Waals surface area contributed by atoms with E-state index in [1.807, 2.05) is 30.3 Å². The Morgan fingerprint density at radius 2 is 1.86 bits per heavy atom. The summed E-state index contributed by atoms with van der Waals surface area (Å²) in [5.74, 6) is 0. The van der Waals surface area contributed by atoms with E-state index in [0.717, 1.165) is 11.1 Å². The number of hydrogen-bond donors (Lipinski definition) is 2. The monoisotopic (exact) mass is 300 g/mol. The van der Waals surface area contributed by atoms with Gasteiger partial charge in [0.05, 0.1) is 23.7 Å². The Morgan fingerprint density at radius 3 is 2.50 bits per heavy atom. The van der Waals surface area contributed by atoms with Gasteiger partial charge in [0, 0.05) is 12.1 Å². The Morgan fingerprint density at radius 1 is 1.18 bits per heavy atom. The summed E-state index contributed by atoms with van der Waals surface area (Å²) in [6.07, 6.45) is -1.03. The summed E-state index contributed by atoms with van der Waals surface area (Å²) >= 11 is 0. The number of hydrogen-bond acceptors (Lipinski definition) is 5. The smallest absolute Gasteiger partial charge is 0.269 e. The number of ether oxygens (including phenoxy) is 1. The van der Waals surface area contributed by atoms with Crippen molar-refractivity contribution in [3.8, 4) is 0 Å². The number of non-ortho nitro benzene ring substituents is 1. The highest BCUT2D eigenvalue weighted by Gasteiger charge is 2.31. The minimum Gasteiger partial charge on any atom is -0.387 e. The molecule has 2 aromatic rings. The van der Waals surface area contributed by atoms with E-state index in [1.54, 1.807) is 12.1 Å². The fraction of sp³-hybridized carbons (Fsp3) is 0.250. The highest BCUT2D eigenvalue weighted by molar-refractivity contribution is 5.34. The molecule has 3 rings (SSSR count). The van der Waals surface area contributed by atoms with Crippen LogP contribution in [0.4, 0.5) is 5.69 Å². The predicted molar refractivity (Wildman–Crippen MR) is 80.1 cm³/mol. The molecule has 0 aromatic heterocycles. The van der Waals surface area contributed by atoms with Gasteiger partial charge in [-0.15, -0.1) is 0 Å². The molecular formula is C16H16N2O4. The van der Waals surface area contributed by atoms with E-state index in [0.29, 0.717) is 6.61 Å². The summed E-state index contributed by atoms with van der Waals surface area (Å²) in [7, 11) is 0. The van der Waals surface area contributed by atoms with Crippen LogP contribution in [0.15, 0.2) is 54.6 Å². The van der Waals surface area contributed by atoms with Crippen LogP contribution in [0, 0.1) is 10.1 Å². The predicted octanol–water partition coefficient (Wildman–Crippen LogP) is 2.32. The molecule has 2 aromatic carbocycles. The van der Waals surface area contributed by atoms with Gasteiger partial charge in [0.2, 0.25) is 0 Å².